The quantitative estimate of drug-likeness (QED) is 0.554. The highest BCUT2D eigenvalue weighted by Gasteiger charge is 2.12. The molecule has 6 heteroatoms. The highest BCUT2D eigenvalue weighted by molar-refractivity contribution is 5.84. The molecule has 2 fully saturated rings. The average molecular weight is 334 g/mol. The van der Waals surface area contributed by atoms with Crippen molar-refractivity contribution < 1.29 is 9.59 Å². The normalized spacial score (nSPS) is 20.5. The monoisotopic (exact) mass is 334 g/mol. The first-order valence-corrected chi connectivity index (χ1v) is 9.38. The molecule has 2 amide bonds. The van der Waals surface area contributed by atoms with Gasteiger partial charge in [-0.3, -0.25) is 9.59 Å². The number of carbonyl (C=O) groups excluding carboxylic acids is 2. The number of amides is 2. The maximum Gasteiger partial charge on any atom is 0.240 e. The van der Waals surface area contributed by atoms with Gasteiger partial charge in [0.05, 0.1) is 0 Å². The molecule has 0 aliphatic heterocycles. The molecule has 2 aliphatic carbocycles. The molecule has 0 atom stereocenters. The van der Waals surface area contributed by atoms with Crippen LogP contribution in [-0.2, 0) is 9.59 Å². The molecule has 2 aliphatic rings. The fourth-order valence-electron chi connectivity index (χ4n) is 3.33. The highest BCUT2D eigenvalue weighted by Crippen LogP contribution is 2.22. The van der Waals surface area contributed by atoms with Crippen LogP contribution < -0.4 is 10.9 Å². The lowest BCUT2D eigenvalue weighted by atomic mass is 9.90. The molecule has 2 N–H and O–H groups in total. The van der Waals surface area contributed by atoms with Crippen LogP contribution in [0.25, 0.3) is 0 Å². The maximum atomic E-state index is 11.7. The van der Waals surface area contributed by atoms with Crippen molar-refractivity contribution in [1.82, 2.24) is 10.9 Å². The third kappa shape index (κ3) is 7.70. The zero-order valence-corrected chi connectivity index (χ0v) is 14.5. The van der Waals surface area contributed by atoms with Crippen molar-refractivity contribution in [3.05, 3.63) is 0 Å². The Morgan fingerprint density at radius 3 is 1.46 bits per heavy atom. The largest absolute Gasteiger partial charge is 0.273 e. The molecule has 24 heavy (non-hydrogen) atoms. The SMILES string of the molecule is O=C(CCC(=O)N/N=C\C1CCCCC1)N/N=C\C1CCCCC1. The standard InChI is InChI=1S/C18H30N4O2/c23-17(21-19-13-15-7-3-1-4-8-15)11-12-18(24)22-20-14-16-9-5-2-6-10-16/h13-16H,1-12H2,(H,21,23)(H,22,24)/b19-13-,20-14-. The van der Waals surface area contributed by atoms with Gasteiger partial charge in [0.2, 0.25) is 11.8 Å². The van der Waals surface area contributed by atoms with Crippen molar-refractivity contribution in [2.24, 2.45) is 22.0 Å². The summed E-state index contributed by atoms with van der Waals surface area (Å²) in [7, 11) is 0. The van der Waals surface area contributed by atoms with E-state index in [1.165, 1.54) is 38.5 Å². The van der Waals surface area contributed by atoms with Crippen molar-refractivity contribution in [2.45, 2.75) is 77.0 Å². The molecular weight excluding hydrogens is 304 g/mol. The van der Waals surface area contributed by atoms with Gasteiger partial charge in [-0.25, -0.2) is 10.9 Å². The van der Waals surface area contributed by atoms with Gasteiger partial charge >= 0.3 is 0 Å². The lowest BCUT2D eigenvalue weighted by Crippen LogP contribution is -2.23. The molecule has 0 aromatic heterocycles. The smallest absolute Gasteiger partial charge is 0.240 e. The van der Waals surface area contributed by atoms with E-state index in [-0.39, 0.29) is 24.7 Å². The van der Waals surface area contributed by atoms with E-state index in [1.807, 2.05) is 12.4 Å². The molecule has 2 rings (SSSR count). The van der Waals surface area contributed by atoms with Gasteiger partial charge in [-0.15, -0.1) is 0 Å². The summed E-state index contributed by atoms with van der Waals surface area (Å²) in [5, 5.41) is 8.02. The molecule has 6 nitrogen and oxygen atoms in total. The number of hydrogen-bond acceptors (Lipinski definition) is 4. The number of carbonyl (C=O) groups is 2. The summed E-state index contributed by atoms with van der Waals surface area (Å²) in [6.07, 6.45) is 16.1. The number of hydrazone groups is 2. The summed E-state index contributed by atoms with van der Waals surface area (Å²) in [6.45, 7) is 0. The van der Waals surface area contributed by atoms with Crippen LogP contribution in [0.4, 0.5) is 0 Å². The van der Waals surface area contributed by atoms with Crippen LogP contribution in [0, 0.1) is 11.8 Å². The summed E-state index contributed by atoms with van der Waals surface area (Å²) in [5.41, 5.74) is 5.01. The highest BCUT2D eigenvalue weighted by atomic mass is 16.2. The first-order valence-electron chi connectivity index (χ1n) is 9.38. The number of rotatable bonds is 7. The average Bonchev–Trinajstić information content (AvgIpc) is 2.62. The summed E-state index contributed by atoms with van der Waals surface area (Å²) in [5.74, 6) is 0.509. The van der Waals surface area contributed by atoms with Crippen LogP contribution >= 0.6 is 0 Å². The lowest BCUT2D eigenvalue weighted by Gasteiger charge is -2.16. The lowest BCUT2D eigenvalue weighted by molar-refractivity contribution is -0.126. The molecule has 0 aromatic carbocycles. The fourth-order valence-corrected chi connectivity index (χ4v) is 3.33. The van der Waals surface area contributed by atoms with Crippen molar-refractivity contribution in [2.75, 3.05) is 0 Å². The van der Waals surface area contributed by atoms with Gasteiger partial charge in [-0.1, -0.05) is 38.5 Å². The van der Waals surface area contributed by atoms with Crippen molar-refractivity contribution in [1.29, 1.82) is 0 Å². The Kier molecular flexibility index (Phi) is 8.49. The van der Waals surface area contributed by atoms with Crippen LogP contribution in [0.15, 0.2) is 10.2 Å². The van der Waals surface area contributed by atoms with Gasteiger partial charge in [0, 0.05) is 25.3 Å². The van der Waals surface area contributed by atoms with Crippen molar-refractivity contribution in [3.63, 3.8) is 0 Å². The maximum absolute atomic E-state index is 11.7. The van der Waals surface area contributed by atoms with Crippen LogP contribution in [0.1, 0.15) is 77.0 Å². The number of nitrogens with one attached hydrogen (secondary N) is 2. The van der Waals surface area contributed by atoms with Crippen LogP contribution in [-0.4, -0.2) is 24.2 Å². The summed E-state index contributed by atoms with van der Waals surface area (Å²) in [6, 6.07) is 0. The second-order valence-corrected chi connectivity index (χ2v) is 6.92. The fraction of sp³-hybridized carbons (Fsp3) is 0.778. The molecule has 0 spiro atoms. The van der Waals surface area contributed by atoms with Crippen molar-refractivity contribution >= 4 is 24.2 Å². The summed E-state index contributed by atoms with van der Waals surface area (Å²) in [4.78, 5) is 23.3. The predicted octanol–water partition coefficient (Wildman–Crippen LogP) is 3.13. The van der Waals surface area contributed by atoms with Gasteiger partial charge in [-0.2, -0.15) is 10.2 Å². The van der Waals surface area contributed by atoms with Gasteiger partial charge < -0.3 is 0 Å². The Balaban J connectivity index is 1.54. The third-order valence-corrected chi connectivity index (χ3v) is 4.83. The third-order valence-electron chi connectivity index (χ3n) is 4.83. The Bertz CT molecular complexity index is 408. The van der Waals surface area contributed by atoms with Crippen molar-refractivity contribution in [3.8, 4) is 0 Å². The predicted molar refractivity (Wildman–Crippen MR) is 95.7 cm³/mol. The molecule has 0 unspecified atom stereocenters. The molecular formula is C18H30N4O2. The number of nitrogens with zero attached hydrogens (tertiary/aromatic N) is 2. The Labute approximate surface area is 144 Å². The minimum atomic E-state index is -0.228. The molecule has 0 radical (unpaired) electrons. The Hall–Kier alpha value is -1.72. The van der Waals surface area contributed by atoms with E-state index in [9.17, 15) is 9.59 Å². The molecule has 0 bridgehead atoms. The second-order valence-electron chi connectivity index (χ2n) is 6.92. The number of hydrogen-bond donors (Lipinski definition) is 2. The van der Waals surface area contributed by atoms with E-state index >= 15 is 0 Å². The van der Waals surface area contributed by atoms with E-state index in [4.69, 9.17) is 0 Å². The van der Waals surface area contributed by atoms with Crippen LogP contribution in [0.5, 0.6) is 0 Å². The molecule has 0 saturated heterocycles. The first kappa shape index (κ1) is 18.6. The summed E-state index contributed by atoms with van der Waals surface area (Å²) >= 11 is 0. The Morgan fingerprint density at radius 1 is 0.708 bits per heavy atom. The molecule has 134 valence electrons. The van der Waals surface area contributed by atoms with Gasteiger partial charge in [0.15, 0.2) is 0 Å². The van der Waals surface area contributed by atoms with Crippen LogP contribution in [0.3, 0.4) is 0 Å². The van der Waals surface area contributed by atoms with Gasteiger partial charge in [-0.05, 0) is 37.5 Å². The zero-order chi connectivity index (χ0) is 17.0. The van der Waals surface area contributed by atoms with E-state index in [1.54, 1.807) is 0 Å². The Morgan fingerprint density at radius 2 is 1.08 bits per heavy atom. The van der Waals surface area contributed by atoms with E-state index < -0.39 is 0 Å². The second kappa shape index (κ2) is 10.9. The first-order chi connectivity index (χ1) is 11.7. The zero-order valence-electron chi connectivity index (χ0n) is 14.5. The minimum Gasteiger partial charge on any atom is -0.273 e. The molecule has 2 saturated carbocycles. The van der Waals surface area contributed by atoms with E-state index in [2.05, 4.69) is 21.1 Å². The van der Waals surface area contributed by atoms with E-state index in [0.29, 0.717) is 11.8 Å². The van der Waals surface area contributed by atoms with E-state index in [0.717, 1.165) is 25.7 Å². The summed E-state index contributed by atoms with van der Waals surface area (Å²) < 4.78 is 0. The van der Waals surface area contributed by atoms with Crippen LogP contribution in [0.2, 0.25) is 0 Å². The molecule has 0 aromatic rings. The van der Waals surface area contributed by atoms with Gasteiger partial charge in [0.25, 0.3) is 0 Å². The van der Waals surface area contributed by atoms with Gasteiger partial charge in [0.1, 0.15) is 0 Å². The molecule has 0 heterocycles. The topological polar surface area (TPSA) is 82.9 Å². The minimum absolute atomic E-state index is 0.132.